The van der Waals surface area contributed by atoms with Crippen LogP contribution in [0, 0.1) is 5.82 Å². The molecule has 1 aromatic carbocycles. The zero-order chi connectivity index (χ0) is 20.3. The molecule has 28 heavy (non-hydrogen) atoms. The number of hydrogen-bond donors (Lipinski definition) is 1. The number of carbonyl (C=O) groups is 3. The first kappa shape index (κ1) is 19.3. The minimum absolute atomic E-state index is 0.00715. The van der Waals surface area contributed by atoms with Gasteiger partial charge in [-0.2, -0.15) is 0 Å². The summed E-state index contributed by atoms with van der Waals surface area (Å²) < 4.78 is 23.3. The molecule has 8 heteroatoms. The molecule has 1 N–H and O–H groups in total. The number of likely N-dealkylation sites (N-methyl/N-ethyl adjacent to an activating group) is 1. The molecule has 0 aliphatic carbocycles. The van der Waals surface area contributed by atoms with Gasteiger partial charge in [-0.25, -0.2) is 4.39 Å². The molecule has 0 fully saturated rings. The zero-order valence-corrected chi connectivity index (χ0v) is 15.1. The molecular formula is C20H18FNO6. The fourth-order valence-corrected chi connectivity index (χ4v) is 3.04. The van der Waals surface area contributed by atoms with E-state index < -0.39 is 17.4 Å². The van der Waals surface area contributed by atoms with Crippen LogP contribution >= 0.6 is 0 Å². The van der Waals surface area contributed by atoms with E-state index in [1.54, 1.807) is 12.1 Å². The lowest BCUT2D eigenvalue weighted by Crippen LogP contribution is -2.22. The number of furan rings is 1. The number of ether oxygens (including phenoxy) is 1. The van der Waals surface area contributed by atoms with E-state index in [2.05, 4.69) is 0 Å². The Morgan fingerprint density at radius 1 is 1.39 bits per heavy atom. The highest BCUT2D eigenvalue weighted by atomic mass is 19.1. The van der Waals surface area contributed by atoms with Gasteiger partial charge in [0.05, 0.1) is 25.0 Å². The van der Waals surface area contributed by atoms with Crippen molar-refractivity contribution in [2.24, 2.45) is 0 Å². The molecule has 1 aliphatic rings. The molecule has 1 unspecified atom stereocenters. The SMILES string of the molecule is CN1CC(C(=O)c2cc(C(COC=O)Cc3ccc(F)cc3)co2)=C(O)C1=O. The highest BCUT2D eigenvalue weighted by molar-refractivity contribution is 6.14. The van der Waals surface area contributed by atoms with Gasteiger partial charge in [-0.1, -0.05) is 12.1 Å². The van der Waals surface area contributed by atoms with Crippen LogP contribution in [0.3, 0.4) is 0 Å². The summed E-state index contributed by atoms with van der Waals surface area (Å²) in [6, 6.07) is 7.41. The lowest BCUT2D eigenvalue weighted by atomic mass is 9.94. The van der Waals surface area contributed by atoms with E-state index in [1.807, 2.05) is 0 Å². The molecule has 0 bridgehead atoms. The minimum atomic E-state index is -0.622. The fourth-order valence-electron chi connectivity index (χ4n) is 3.04. The number of nitrogens with zero attached hydrogens (tertiary/aromatic N) is 1. The summed E-state index contributed by atoms with van der Waals surface area (Å²) in [7, 11) is 1.47. The third-order valence-corrected chi connectivity index (χ3v) is 4.58. The smallest absolute Gasteiger partial charge is 0.293 e. The molecule has 146 valence electrons. The number of ketones is 1. The van der Waals surface area contributed by atoms with Crippen LogP contribution in [0.2, 0.25) is 0 Å². The van der Waals surface area contributed by atoms with E-state index in [4.69, 9.17) is 9.15 Å². The summed E-state index contributed by atoms with van der Waals surface area (Å²) in [5.41, 5.74) is 1.39. The first-order chi connectivity index (χ1) is 13.4. The standard InChI is InChI=1S/C20H18FNO6/c1-22-8-16(19(25)20(22)26)18(24)17-7-14(10-28-17)13(9-27-11-23)6-12-2-4-15(21)5-3-12/h2-5,7,10-11,13,25H,6,8-9H2,1H3. The second-order valence-corrected chi connectivity index (χ2v) is 6.52. The molecule has 0 saturated heterocycles. The van der Waals surface area contributed by atoms with Crippen molar-refractivity contribution in [3.05, 3.63) is 70.6 Å². The van der Waals surface area contributed by atoms with Gasteiger partial charge >= 0.3 is 0 Å². The number of Topliss-reactive ketones (excluding diaryl/α,β-unsaturated/α-hetero) is 1. The van der Waals surface area contributed by atoms with E-state index >= 15 is 0 Å². The number of halogens is 1. The second-order valence-electron chi connectivity index (χ2n) is 6.52. The van der Waals surface area contributed by atoms with Gasteiger partial charge in [-0.05, 0) is 35.7 Å². The number of carbonyl (C=O) groups excluding carboxylic acids is 3. The molecular weight excluding hydrogens is 369 g/mol. The van der Waals surface area contributed by atoms with Crippen molar-refractivity contribution in [2.75, 3.05) is 20.2 Å². The molecule has 1 aliphatic heterocycles. The molecule has 3 rings (SSSR count). The third kappa shape index (κ3) is 3.95. The van der Waals surface area contributed by atoms with Crippen molar-refractivity contribution in [1.82, 2.24) is 4.90 Å². The molecule has 1 atom stereocenters. The largest absolute Gasteiger partial charge is 0.503 e. The van der Waals surface area contributed by atoms with Gasteiger partial charge in [0.15, 0.2) is 11.5 Å². The predicted octanol–water partition coefficient (Wildman–Crippen LogP) is 2.38. The average molecular weight is 387 g/mol. The number of benzene rings is 1. The summed E-state index contributed by atoms with van der Waals surface area (Å²) in [6.07, 6.45) is 1.80. The van der Waals surface area contributed by atoms with E-state index in [0.29, 0.717) is 18.5 Å². The van der Waals surface area contributed by atoms with Crippen molar-refractivity contribution in [1.29, 1.82) is 0 Å². The molecule has 0 spiro atoms. The molecule has 7 nitrogen and oxygen atoms in total. The molecule has 2 aromatic rings. The normalized spacial score (nSPS) is 15.1. The fraction of sp³-hybridized carbons (Fsp3) is 0.250. The first-order valence-corrected chi connectivity index (χ1v) is 8.51. The molecule has 0 radical (unpaired) electrons. The lowest BCUT2D eigenvalue weighted by molar-refractivity contribution is -0.129. The van der Waals surface area contributed by atoms with Crippen LogP contribution in [0.15, 0.2) is 52.3 Å². The van der Waals surface area contributed by atoms with E-state index in [0.717, 1.165) is 5.56 Å². The highest BCUT2D eigenvalue weighted by Gasteiger charge is 2.33. The van der Waals surface area contributed by atoms with Crippen LogP contribution in [0.4, 0.5) is 4.39 Å². The highest BCUT2D eigenvalue weighted by Crippen LogP contribution is 2.27. The Labute approximate surface area is 160 Å². The van der Waals surface area contributed by atoms with Crippen molar-refractivity contribution < 1.29 is 33.0 Å². The molecule has 0 saturated carbocycles. The summed E-state index contributed by atoms with van der Waals surface area (Å²) in [5.74, 6) is -2.50. The minimum Gasteiger partial charge on any atom is -0.503 e. The first-order valence-electron chi connectivity index (χ1n) is 8.51. The number of rotatable bonds is 8. The summed E-state index contributed by atoms with van der Waals surface area (Å²) in [6.45, 7) is 0.364. The predicted molar refractivity (Wildman–Crippen MR) is 95.2 cm³/mol. The zero-order valence-electron chi connectivity index (χ0n) is 15.1. The van der Waals surface area contributed by atoms with Crippen LogP contribution < -0.4 is 0 Å². The topological polar surface area (TPSA) is 97.1 Å². The van der Waals surface area contributed by atoms with Crippen molar-refractivity contribution >= 4 is 18.2 Å². The third-order valence-electron chi connectivity index (χ3n) is 4.58. The van der Waals surface area contributed by atoms with Crippen LogP contribution in [0.1, 0.15) is 27.6 Å². The quantitative estimate of drug-likeness (QED) is 0.552. The van der Waals surface area contributed by atoms with E-state index in [9.17, 15) is 23.9 Å². The lowest BCUT2D eigenvalue weighted by Gasteiger charge is -2.14. The Hall–Kier alpha value is -3.42. The van der Waals surface area contributed by atoms with Gasteiger partial charge in [0, 0.05) is 13.0 Å². The Bertz CT molecular complexity index is 930. The summed E-state index contributed by atoms with van der Waals surface area (Å²) >= 11 is 0. The monoisotopic (exact) mass is 387 g/mol. The Morgan fingerprint density at radius 3 is 2.71 bits per heavy atom. The van der Waals surface area contributed by atoms with Gasteiger partial charge in [0.1, 0.15) is 5.82 Å². The van der Waals surface area contributed by atoms with Gasteiger partial charge in [-0.15, -0.1) is 0 Å². The number of amides is 1. The van der Waals surface area contributed by atoms with Crippen LogP contribution in [-0.4, -0.2) is 48.4 Å². The second kappa shape index (κ2) is 8.08. The number of aliphatic hydroxyl groups excluding tert-OH is 1. The maximum absolute atomic E-state index is 13.1. The van der Waals surface area contributed by atoms with Crippen molar-refractivity contribution in [2.45, 2.75) is 12.3 Å². The Kier molecular flexibility index (Phi) is 5.58. The summed E-state index contributed by atoms with van der Waals surface area (Å²) in [4.78, 5) is 36.1. The van der Waals surface area contributed by atoms with Gasteiger partial charge in [0.25, 0.3) is 12.4 Å². The van der Waals surface area contributed by atoms with Gasteiger partial charge < -0.3 is 19.2 Å². The molecule has 1 aromatic heterocycles. The van der Waals surface area contributed by atoms with E-state index in [-0.39, 0.29) is 36.2 Å². The number of aliphatic hydroxyl groups is 1. The van der Waals surface area contributed by atoms with Crippen molar-refractivity contribution in [3.8, 4) is 0 Å². The van der Waals surface area contributed by atoms with Gasteiger partial charge in [-0.3, -0.25) is 14.4 Å². The maximum atomic E-state index is 13.1. The molecule has 2 heterocycles. The van der Waals surface area contributed by atoms with Crippen LogP contribution in [0.25, 0.3) is 0 Å². The van der Waals surface area contributed by atoms with Crippen molar-refractivity contribution in [3.63, 3.8) is 0 Å². The summed E-state index contributed by atoms with van der Waals surface area (Å²) in [5, 5.41) is 9.85. The Morgan fingerprint density at radius 2 is 2.11 bits per heavy atom. The van der Waals surface area contributed by atoms with Crippen LogP contribution in [0.5, 0.6) is 0 Å². The maximum Gasteiger partial charge on any atom is 0.293 e. The average Bonchev–Trinajstić information content (AvgIpc) is 3.27. The van der Waals surface area contributed by atoms with E-state index in [1.165, 1.54) is 36.4 Å². The number of hydrogen-bond acceptors (Lipinski definition) is 6. The van der Waals surface area contributed by atoms with Crippen LogP contribution in [-0.2, 0) is 20.7 Å². The van der Waals surface area contributed by atoms with Gasteiger partial charge in [0.2, 0.25) is 5.78 Å². The molecule has 1 amide bonds. The Balaban J connectivity index is 1.82.